The van der Waals surface area contributed by atoms with Crippen LogP contribution >= 0.6 is 23.2 Å². The molecule has 0 aliphatic heterocycles. The van der Waals surface area contributed by atoms with Gasteiger partial charge in [0.1, 0.15) is 12.6 Å². The lowest BCUT2D eigenvalue weighted by Gasteiger charge is -2.17. The fourth-order valence-electron chi connectivity index (χ4n) is 3.76. The normalized spacial score (nSPS) is 12.0. The number of aromatic nitrogens is 1. The van der Waals surface area contributed by atoms with Gasteiger partial charge >= 0.3 is 5.97 Å². The summed E-state index contributed by atoms with van der Waals surface area (Å²) in [5.41, 5.74) is 3.45. The molecule has 0 saturated carbocycles. The number of para-hydroxylation sites is 1. The van der Waals surface area contributed by atoms with Crippen LogP contribution in [-0.4, -0.2) is 29.2 Å². The van der Waals surface area contributed by atoms with Crippen molar-refractivity contribution in [3.63, 3.8) is 0 Å². The number of carboxylic acid groups (broad SMARTS) is 1. The second-order valence-electron chi connectivity index (χ2n) is 7.81. The average molecular weight is 499 g/mol. The van der Waals surface area contributed by atoms with E-state index in [-0.39, 0.29) is 13.2 Å². The van der Waals surface area contributed by atoms with Crippen LogP contribution in [0.5, 0.6) is 11.5 Å². The van der Waals surface area contributed by atoms with E-state index in [2.05, 4.69) is 10.3 Å². The van der Waals surface area contributed by atoms with Gasteiger partial charge in [0.2, 0.25) is 0 Å². The molecule has 4 rings (SSSR count). The van der Waals surface area contributed by atoms with Gasteiger partial charge in [-0.05, 0) is 29.3 Å². The van der Waals surface area contributed by atoms with E-state index in [1.54, 1.807) is 25.3 Å². The fraction of sp³-hybridized carbons (Fsp3) is 0.192. The lowest BCUT2D eigenvalue weighted by molar-refractivity contribution is -0.139. The maximum atomic E-state index is 11.9. The van der Waals surface area contributed by atoms with Crippen LogP contribution in [0, 0.1) is 0 Å². The lowest BCUT2D eigenvalue weighted by Crippen LogP contribution is -2.38. The van der Waals surface area contributed by atoms with Gasteiger partial charge in [-0.3, -0.25) is 10.1 Å². The number of hydrogen-bond donors (Lipinski definition) is 3. The third kappa shape index (κ3) is 5.47. The van der Waals surface area contributed by atoms with Gasteiger partial charge in [-0.1, -0.05) is 59.6 Å². The number of carbonyl (C=O) groups is 1. The highest BCUT2D eigenvalue weighted by atomic mass is 35.5. The number of ether oxygens (including phenoxy) is 2. The first-order valence-electron chi connectivity index (χ1n) is 10.7. The van der Waals surface area contributed by atoms with E-state index in [0.717, 1.165) is 22.0 Å². The van der Waals surface area contributed by atoms with Gasteiger partial charge in [0, 0.05) is 51.7 Å². The number of halogens is 2. The minimum Gasteiger partial charge on any atom is -0.493 e. The van der Waals surface area contributed by atoms with Crippen molar-refractivity contribution in [3.05, 3.63) is 93.6 Å². The highest BCUT2D eigenvalue weighted by Crippen LogP contribution is 2.34. The first kappa shape index (κ1) is 24.0. The van der Waals surface area contributed by atoms with Crippen LogP contribution in [0.25, 0.3) is 10.9 Å². The Kier molecular flexibility index (Phi) is 7.63. The number of carboxylic acids is 1. The zero-order valence-corrected chi connectivity index (χ0v) is 20.0. The van der Waals surface area contributed by atoms with Gasteiger partial charge in [-0.15, -0.1) is 0 Å². The van der Waals surface area contributed by atoms with Crippen molar-refractivity contribution < 1.29 is 19.4 Å². The van der Waals surface area contributed by atoms with Crippen LogP contribution in [0.15, 0.2) is 66.9 Å². The fourth-order valence-corrected chi connectivity index (χ4v) is 4.17. The number of H-pyrrole nitrogens is 1. The molecule has 0 aliphatic carbocycles. The first-order chi connectivity index (χ1) is 16.5. The number of fused-ring (bicyclic) bond motifs is 1. The summed E-state index contributed by atoms with van der Waals surface area (Å²) >= 11 is 12.7. The molecule has 0 spiro atoms. The van der Waals surface area contributed by atoms with Crippen molar-refractivity contribution in [1.82, 2.24) is 10.3 Å². The lowest BCUT2D eigenvalue weighted by atomic mass is 10.0. The minimum atomic E-state index is -0.937. The molecular weight excluding hydrogens is 475 g/mol. The molecule has 34 heavy (non-hydrogen) atoms. The van der Waals surface area contributed by atoms with Crippen molar-refractivity contribution in [2.45, 2.75) is 25.6 Å². The second-order valence-corrected chi connectivity index (χ2v) is 8.62. The van der Waals surface area contributed by atoms with Gasteiger partial charge in [0.25, 0.3) is 0 Å². The third-order valence-corrected chi connectivity index (χ3v) is 6.33. The van der Waals surface area contributed by atoms with Gasteiger partial charge in [-0.2, -0.15) is 0 Å². The van der Waals surface area contributed by atoms with Crippen molar-refractivity contribution in [1.29, 1.82) is 0 Å². The van der Waals surface area contributed by atoms with Crippen molar-refractivity contribution >= 4 is 40.1 Å². The monoisotopic (exact) mass is 498 g/mol. The predicted molar refractivity (Wildman–Crippen MR) is 134 cm³/mol. The zero-order valence-electron chi connectivity index (χ0n) is 18.5. The van der Waals surface area contributed by atoms with E-state index in [9.17, 15) is 9.90 Å². The van der Waals surface area contributed by atoms with Crippen LogP contribution in [0.3, 0.4) is 0 Å². The summed E-state index contributed by atoms with van der Waals surface area (Å²) in [6.45, 7) is 0.509. The Bertz CT molecular complexity index is 1310. The van der Waals surface area contributed by atoms with Crippen LogP contribution in [0.4, 0.5) is 0 Å². The number of aromatic amines is 1. The van der Waals surface area contributed by atoms with E-state index in [1.807, 2.05) is 48.7 Å². The Hall–Kier alpha value is -3.19. The summed E-state index contributed by atoms with van der Waals surface area (Å²) in [5.74, 6) is 0.0366. The number of aliphatic carboxylic acids is 1. The topological polar surface area (TPSA) is 83.6 Å². The molecule has 6 nitrogen and oxygen atoms in total. The quantitative estimate of drug-likeness (QED) is 0.255. The summed E-state index contributed by atoms with van der Waals surface area (Å²) in [6, 6.07) is 17.9. The standard InChI is InChI=1S/C26H24Cl2N2O4/c1-33-24-11-18(21(28)12-25(24)34-15-16-6-2-4-8-20(16)27)14-30-23(26(31)32)10-17-13-29-22-9-5-3-7-19(17)22/h2-9,11-13,23,29-30H,10,14-15H2,1H3,(H,31,32). The second kappa shape index (κ2) is 10.8. The first-order valence-corrected chi connectivity index (χ1v) is 11.5. The summed E-state index contributed by atoms with van der Waals surface area (Å²) in [7, 11) is 1.54. The Labute approximate surface area is 207 Å². The molecule has 4 aromatic rings. The van der Waals surface area contributed by atoms with E-state index in [4.69, 9.17) is 32.7 Å². The van der Waals surface area contributed by atoms with Crippen LogP contribution in [-0.2, 0) is 24.4 Å². The summed E-state index contributed by atoms with van der Waals surface area (Å²) in [6.07, 6.45) is 2.18. The largest absolute Gasteiger partial charge is 0.493 e. The van der Waals surface area contributed by atoms with E-state index < -0.39 is 12.0 Å². The molecule has 0 fully saturated rings. The molecule has 176 valence electrons. The molecule has 0 bridgehead atoms. The molecular formula is C26H24Cl2N2O4. The van der Waals surface area contributed by atoms with Crippen LogP contribution in [0.1, 0.15) is 16.7 Å². The molecule has 1 heterocycles. The maximum absolute atomic E-state index is 11.9. The molecule has 0 aliphatic rings. The van der Waals surface area contributed by atoms with E-state index >= 15 is 0 Å². The number of hydrogen-bond acceptors (Lipinski definition) is 4. The Morgan fingerprint density at radius 1 is 1.00 bits per heavy atom. The van der Waals surface area contributed by atoms with Gasteiger partial charge in [0.05, 0.1) is 7.11 Å². The highest BCUT2D eigenvalue weighted by Gasteiger charge is 2.20. The summed E-state index contributed by atoms with van der Waals surface area (Å²) < 4.78 is 11.4. The van der Waals surface area contributed by atoms with E-state index in [0.29, 0.717) is 33.5 Å². The smallest absolute Gasteiger partial charge is 0.321 e. The molecule has 3 aromatic carbocycles. The summed E-state index contributed by atoms with van der Waals surface area (Å²) in [5, 5.41) is 14.9. The number of methoxy groups -OCH3 is 1. The van der Waals surface area contributed by atoms with Crippen molar-refractivity contribution in [3.8, 4) is 11.5 Å². The van der Waals surface area contributed by atoms with Gasteiger partial charge in [-0.25, -0.2) is 0 Å². The molecule has 1 unspecified atom stereocenters. The SMILES string of the molecule is COc1cc(CNC(Cc2c[nH]c3ccccc23)C(=O)O)c(Cl)cc1OCc1ccccc1Cl. The van der Waals surface area contributed by atoms with Crippen LogP contribution in [0.2, 0.25) is 10.0 Å². The maximum Gasteiger partial charge on any atom is 0.321 e. The highest BCUT2D eigenvalue weighted by molar-refractivity contribution is 6.31. The number of nitrogens with one attached hydrogen (secondary N) is 2. The van der Waals surface area contributed by atoms with Gasteiger partial charge < -0.3 is 19.6 Å². The Balaban J connectivity index is 1.46. The number of rotatable bonds is 10. The molecule has 0 amide bonds. The molecule has 1 atom stereocenters. The van der Waals surface area contributed by atoms with Crippen LogP contribution < -0.4 is 14.8 Å². The molecule has 3 N–H and O–H groups in total. The summed E-state index contributed by atoms with van der Waals surface area (Å²) in [4.78, 5) is 15.1. The molecule has 0 saturated heterocycles. The predicted octanol–water partition coefficient (Wildman–Crippen LogP) is 5.85. The van der Waals surface area contributed by atoms with Gasteiger partial charge in [0.15, 0.2) is 11.5 Å². The van der Waals surface area contributed by atoms with E-state index in [1.165, 1.54) is 0 Å². The molecule has 0 radical (unpaired) electrons. The zero-order chi connectivity index (χ0) is 24.1. The minimum absolute atomic E-state index is 0.249. The molecule has 1 aromatic heterocycles. The van der Waals surface area contributed by atoms with Crippen molar-refractivity contribution in [2.75, 3.05) is 7.11 Å². The van der Waals surface area contributed by atoms with Crippen molar-refractivity contribution in [2.24, 2.45) is 0 Å². The average Bonchev–Trinajstić information content (AvgIpc) is 3.24. The third-order valence-electron chi connectivity index (χ3n) is 5.61. The number of benzene rings is 3. The molecule has 8 heteroatoms. The Morgan fingerprint density at radius 3 is 2.53 bits per heavy atom. The Morgan fingerprint density at radius 2 is 1.76 bits per heavy atom.